The number of hydrogen-bond donors (Lipinski definition) is 2. The summed E-state index contributed by atoms with van der Waals surface area (Å²) in [5.74, 6) is 0.540. The van der Waals surface area contributed by atoms with Crippen LogP contribution in [0.3, 0.4) is 0 Å². The highest BCUT2D eigenvalue weighted by molar-refractivity contribution is 7.80. The molecular weight excluding hydrogens is 262 g/mol. The molecule has 0 radical (unpaired) electrons. The van der Waals surface area contributed by atoms with Gasteiger partial charge in [-0.2, -0.15) is 0 Å². The number of rotatable bonds is 4. The molecule has 1 aliphatic rings. The topological polar surface area (TPSA) is 81.2 Å². The van der Waals surface area contributed by atoms with Crippen molar-refractivity contribution in [3.8, 4) is 0 Å². The van der Waals surface area contributed by atoms with Gasteiger partial charge in [-0.1, -0.05) is 43.1 Å². The lowest BCUT2D eigenvalue weighted by Crippen LogP contribution is -2.48. The molecule has 6 heteroatoms. The summed E-state index contributed by atoms with van der Waals surface area (Å²) in [6.07, 6.45) is 7.30. The maximum absolute atomic E-state index is 12.5. The van der Waals surface area contributed by atoms with Gasteiger partial charge in [0.2, 0.25) is 5.91 Å². The van der Waals surface area contributed by atoms with Crippen molar-refractivity contribution in [1.82, 2.24) is 10.5 Å². The molecule has 1 aromatic heterocycles. The third-order valence-corrected chi connectivity index (χ3v) is 4.17. The maximum atomic E-state index is 12.5. The van der Waals surface area contributed by atoms with E-state index in [0.717, 1.165) is 38.5 Å². The highest BCUT2D eigenvalue weighted by atomic mass is 32.1. The Morgan fingerprint density at radius 3 is 2.63 bits per heavy atom. The second-order valence-corrected chi connectivity index (χ2v) is 5.46. The van der Waals surface area contributed by atoms with Gasteiger partial charge in [0.15, 0.2) is 5.76 Å². The number of amides is 1. The molecule has 5 nitrogen and oxygen atoms in total. The zero-order chi connectivity index (χ0) is 13.7. The molecule has 0 saturated heterocycles. The minimum atomic E-state index is -0.689. The summed E-state index contributed by atoms with van der Waals surface area (Å²) in [5, 5.41) is 6.47. The predicted molar refractivity (Wildman–Crippen MR) is 75.3 cm³/mol. The average molecular weight is 281 g/mol. The summed E-state index contributed by atoms with van der Waals surface area (Å²) in [6, 6.07) is 1.72. The molecule has 2 rings (SSSR count). The van der Waals surface area contributed by atoms with Gasteiger partial charge in [0.1, 0.15) is 0 Å². The molecule has 3 N–H and O–H groups in total. The molecule has 0 spiro atoms. The van der Waals surface area contributed by atoms with Gasteiger partial charge in [0.05, 0.1) is 23.1 Å². The molecule has 0 unspecified atom stereocenters. The van der Waals surface area contributed by atoms with E-state index in [-0.39, 0.29) is 5.91 Å². The number of thiocarbonyl (C=S) groups is 1. The Labute approximate surface area is 117 Å². The molecule has 1 aromatic rings. The van der Waals surface area contributed by atoms with Crippen LogP contribution < -0.4 is 11.1 Å². The molecule has 0 aromatic carbocycles. The van der Waals surface area contributed by atoms with Crippen molar-refractivity contribution in [2.75, 3.05) is 0 Å². The molecule has 1 fully saturated rings. The van der Waals surface area contributed by atoms with Crippen LogP contribution in [0.4, 0.5) is 0 Å². The summed E-state index contributed by atoms with van der Waals surface area (Å²) in [6.45, 7) is 0.323. The fraction of sp³-hybridized carbons (Fsp3) is 0.615. The summed E-state index contributed by atoms with van der Waals surface area (Å²) in [7, 11) is 0. The van der Waals surface area contributed by atoms with Gasteiger partial charge >= 0.3 is 0 Å². The van der Waals surface area contributed by atoms with E-state index in [1.165, 1.54) is 0 Å². The van der Waals surface area contributed by atoms with Gasteiger partial charge in [-0.15, -0.1) is 0 Å². The molecule has 1 saturated carbocycles. The largest absolute Gasteiger partial charge is 0.392 e. The van der Waals surface area contributed by atoms with Crippen molar-refractivity contribution in [3.05, 3.63) is 18.0 Å². The molecule has 104 valence electrons. The number of aromatic nitrogens is 1. The zero-order valence-electron chi connectivity index (χ0n) is 10.9. The van der Waals surface area contributed by atoms with Crippen molar-refractivity contribution < 1.29 is 9.32 Å². The van der Waals surface area contributed by atoms with E-state index in [1.54, 1.807) is 12.3 Å². The standard InChI is InChI=1S/C13H19N3O2S/c14-11(19)13(6-3-1-2-4-7-13)12(17)15-9-10-5-8-16-18-10/h5,8H,1-4,6-7,9H2,(H2,14,19)(H,15,17). The van der Waals surface area contributed by atoms with Gasteiger partial charge in [-0.3, -0.25) is 4.79 Å². The Morgan fingerprint density at radius 2 is 2.11 bits per heavy atom. The first-order chi connectivity index (χ1) is 9.15. The number of nitrogens with zero attached hydrogens (tertiary/aromatic N) is 1. The van der Waals surface area contributed by atoms with Crippen LogP contribution in [-0.2, 0) is 11.3 Å². The van der Waals surface area contributed by atoms with Gasteiger partial charge in [0.25, 0.3) is 0 Å². The lowest BCUT2D eigenvalue weighted by atomic mass is 9.79. The number of hydrogen-bond acceptors (Lipinski definition) is 4. The fourth-order valence-corrected chi connectivity index (χ4v) is 2.88. The number of carbonyl (C=O) groups excluding carboxylic acids is 1. The van der Waals surface area contributed by atoms with Crippen LogP contribution in [0.25, 0.3) is 0 Å². The van der Waals surface area contributed by atoms with E-state index in [9.17, 15) is 4.79 Å². The maximum Gasteiger partial charge on any atom is 0.233 e. The Kier molecular flexibility index (Phi) is 4.52. The molecule has 19 heavy (non-hydrogen) atoms. The third-order valence-electron chi connectivity index (χ3n) is 3.78. The van der Waals surface area contributed by atoms with Gasteiger partial charge in [-0.25, -0.2) is 0 Å². The Bertz CT molecular complexity index is 437. The molecule has 1 aliphatic carbocycles. The van der Waals surface area contributed by atoms with E-state index >= 15 is 0 Å². The highest BCUT2D eigenvalue weighted by Crippen LogP contribution is 2.35. The monoisotopic (exact) mass is 281 g/mol. The van der Waals surface area contributed by atoms with Crippen LogP contribution in [0.15, 0.2) is 16.8 Å². The van der Waals surface area contributed by atoms with Crippen molar-refractivity contribution in [2.45, 2.75) is 45.1 Å². The summed E-state index contributed by atoms with van der Waals surface area (Å²) < 4.78 is 4.96. The SMILES string of the molecule is NC(=S)C1(C(=O)NCc2ccno2)CCCCCC1. The van der Waals surface area contributed by atoms with Crippen LogP contribution in [0.2, 0.25) is 0 Å². The Balaban J connectivity index is 2.05. The molecule has 0 bridgehead atoms. The Morgan fingerprint density at radius 1 is 1.42 bits per heavy atom. The number of nitrogens with two attached hydrogens (primary N) is 1. The molecule has 0 atom stereocenters. The van der Waals surface area contributed by atoms with Crippen molar-refractivity contribution in [1.29, 1.82) is 0 Å². The van der Waals surface area contributed by atoms with Gasteiger partial charge in [0, 0.05) is 6.07 Å². The number of carbonyl (C=O) groups is 1. The Hall–Kier alpha value is -1.43. The van der Waals surface area contributed by atoms with E-state index in [0.29, 0.717) is 17.3 Å². The highest BCUT2D eigenvalue weighted by Gasteiger charge is 2.41. The van der Waals surface area contributed by atoms with Crippen LogP contribution in [0, 0.1) is 5.41 Å². The van der Waals surface area contributed by atoms with Gasteiger partial charge < -0.3 is 15.6 Å². The van der Waals surface area contributed by atoms with Gasteiger partial charge in [-0.05, 0) is 12.8 Å². The minimum absolute atomic E-state index is 0.0849. The van der Waals surface area contributed by atoms with E-state index in [4.69, 9.17) is 22.5 Å². The van der Waals surface area contributed by atoms with Crippen LogP contribution in [0.1, 0.15) is 44.3 Å². The van der Waals surface area contributed by atoms with Crippen molar-refractivity contribution >= 4 is 23.1 Å². The third kappa shape index (κ3) is 3.12. The average Bonchev–Trinajstić information content (AvgIpc) is 2.78. The summed E-state index contributed by atoms with van der Waals surface area (Å²) in [5.41, 5.74) is 5.17. The summed E-state index contributed by atoms with van der Waals surface area (Å²) >= 11 is 5.16. The molecule has 0 aliphatic heterocycles. The first-order valence-corrected chi connectivity index (χ1v) is 7.04. The summed E-state index contributed by atoms with van der Waals surface area (Å²) in [4.78, 5) is 12.8. The second-order valence-electron chi connectivity index (χ2n) is 5.02. The predicted octanol–water partition coefficient (Wildman–Crippen LogP) is 1.92. The van der Waals surface area contributed by atoms with E-state index in [1.807, 2.05) is 0 Å². The first kappa shape index (κ1) is 14.0. The molecule has 1 amide bonds. The first-order valence-electron chi connectivity index (χ1n) is 6.63. The second kappa shape index (κ2) is 6.14. The van der Waals surface area contributed by atoms with Crippen LogP contribution in [0.5, 0.6) is 0 Å². The normalized spacial score (nSPS) is 18.5. The minimum Gasteiger partial charge on any atom is -0.392 e. The smallest absolute Gasteiger partial charge is 0.233 e. The fourth-order valence-electron chi connectivity index (χ4n) is 2.59. The zero-order valence-corrected chi connectivity index (χ0v) is 11.7. The van der Waals surface area contributed by atoms with Crippen molar-refractivity contribution in [2.24, 2.45) is 11.1 Å². The van der Waals surface area contributed by atoms with Crippen LogP contribution in [-0.4, -0.2) is 16.1 Å². The van der Waals surface area contributed by atoms with Crippen LogP contribution >= 0.6 is 12.2 Å². The lowest BCUT2D eigenvalue weighted by molar-refractivity contribution is -0.128. The van der Waals surface area contributed by atoms with Crippen molar-refractivity contribution in [3.63, 3.8) is 0 Å². The quantitative estimate of drug-likeness (QED) is 0.651. The van der Waals surface area contributed by atoms with E-state index < -0.39 is 5.41 Å². The lowest BCUT2D eigenvalue weighted by Gasteiger charge is -2.29. The molecular formula is C13H19N3O2S. The number of nitrogens with one attached hydrogen (secondary N) is 1. The molecule has 1 heterocycles. The van der Waals surface area contributed by atoms with E-state index in [2.05, 4.69) is 10.5 Å².